The van der Waals surface area contributed by atoms with E-state index in [0.717, 1.165) is 0 Å². The van der Waals surface area contributed by atoms with Crippen LogP contribution in [-0.2, 0) is 9.53 Å². The Morgan fingerprint density at radius 3 is 2.94 bits per heavy atom. The highest BCUT2D eigenvalue weighted by molar-refractivity contribution is 6.30. The Morgan fingerprint density at radius 1 is 1.53 bits per heavy atom. The van der Waals surface area contributed by atoms with Crippen LogP contribution in [-0.4, -0.2) is 32.3 Å². The molecular formula is C12H16ClNO3. The Bertz CT molecular complexity index is 371. The number of nitrogens with one attached hydrogen (secondary N) is 1. The predicted octanol–water partition coefficient (Wildman–Crippen LogP) is 1.87. The maximum Gasteiger partial charge on any atom is 0.260 e. The lowest BCUT2D eigenvalue weighted by molar-refractivity contribution is -0.127. The molecule has 0 aromatic heterocycles. The van der Waals surface area contributed by atoms with Crippen molar-refractivity contribution in [2.24, 2.45) is 0 Å². The van der Waals surface area contributed by atoms with Gasteiger partial charge in [0.2, 0.25) is 0 Å². The van der Waals surface area contributed by atoms with E-state index in [1.165, 1.54) is 0 Å². The largest absolute Gasteiger partial charge is 0.481 e. The quantitative estimate of drug-likeness (QED) is 0.792. The number of halogens is 1. The molecule has 1 aromatic carbocycles. The molecule has 0 saturated heterocycles. The molecule has 1 atom stereocenters. The summed E-state index contributed by atoms with van der Waals surface area (Å²) >= 11 is 5.81. The van der Waals surface area contributed by atoms with E-state index in [0.29, 0.717) is 23.9 Å². The Balaban J connectivity index is 2.43. The molecule has 1 unspecified atom stereocenters. The summed E-state index contributed by atoms with van der Waals surface area (Å²) in [4.78, 5) is 11.6. The van der Waals surface area contributed by atoms with Crippen molar-refractivity contribution in [1.82, 2.24) is 5.32 Å². The van der Waals surface area contributed by atoms with Crippen molar-refractivity contribution < 1.29 is 14.3 Å². The van der Waals surface area contributed by atoms with E-state index >= 15 is 0 Å². The van der Waals surface area contributed by atoms with Crippen molar-refractivity contribution in [3.63, 3.8) is 0 Å². The number of amides is 1. The third kappa shape index (κ3) is 5.06. The van der Waals surface area contributed by atoms with Crippen LogP contribution in [0.3, 0.4) is 0 Å². The topological polar surface area (TPSA) is 47.6 Å². The van der Waals surface area contributed by atoms with Gasteiger partial charge in [-0.15, -0.1) is 0 Å². The first-order chi connectivity index (χ1) is 8.13. The highest BCUT2D eigenvalue weighted by Crippen LogP contribution is 2.18. The summed E-state index contributed by atoms with van der Waals surface area (Å²) in [6.07, 6.45) is -0.565. The number of hydrogen-bond acceptors (Lipinski definition) is 3. The maximum atomic E-state index is 11.6. The number of ether oxygens (including phenoxy) is 2. The van der Waals surface area contributed by atoms with Crippen LogP contribution in [0.2, 0.25) is 5.02 Å². The molecule has 1 rings (SSSR count). The molecule has 5 heteroatoms. The molecule has 0 bridgehead atoms. The van der Waals surface area contributed by atoms with Gasteiger partial charge in [-0.2, -0.15) is 0 Å². The van der Waals surface area contributed by atoms with E-state index in [2.05, 4.69) is 5.32 Å². The lowest BCUT2D eigenvalue weighted by Crippen LogP contribution is -2.37. The number of benzene rings is 1. The van der Waals surface area contributed by atoms with Gasteiger partial charge in [0.1, 0.15) is 5.75 Å². The Kier molecular flexibility index (Phi) is 5.80. The van der Waals surface area contributed by atoms with E-state index in [1.807, 2.05) is 0 Å². The molecule has 0 radical (unpaired) electrons. The second kappa shape index (κ2) is 7.14. The fourth-order valence-corrected chi connectivity index (χ4v) is 1.40. The van der Waals surface area contributed by atoms with Crippen molar-refractivity contribution >= 4 is 17.5 Å². The Hall–Kier alpha value is -1.26. The smallest absolute Gasteiger partial charge is 0.260 e. The highest BCUT2D eigenvalue weighted by Gasteiger charge is 2.13. The first-order valence-electron chi connectivity index (χ1n) is 5.32. The van der Waals surface area contributed by atoms with E-state index in [-0.39, 0.29) is 5.91 Å². The maximum absolute atomic E-state index is 11.6. The minimum Gasteiger partial charge on any atom is -0.481 e. The molecule has 0 fully saturated rings. The van der Waals surface area contributed by atoms with Gasteiger partial charge in [-0.25, -0.2) is 0 Å². The van der Waals surface area contributed by atoms with Gasteiger partial charge < -0.3 is 14.8 Å². The molecule has 0 spiro atoms. The number of methoxy groups -OCH3 is 1. The summed E-state index contributed by atoms with van der Waals surface area (Å²) in [6.45, 7) is 2.64. The molecule has 4 nitrogen and oxygen atoms in total. The van der Waals surface area contributed by atoms with Crippen molar-refractivity contribution in [2.45, 2.75) is 13.0 Å². The molecule has 0 aliphatic rings. The molecule has 1 aromatic rings. The molecule has 1 amide bonds. The van der Waals surface area contributed by atoms with Crippen molar-refractivity contribution in [2.75, 3.05) is 20.3 Å². The van der Waals surface area contributed by atoms with Gasteiger partial charge in [-0.1, -0.05) is 17.7 Å². The highest BCUT2D eigenvalue weighted by atomic mass is 35.5. The zero-order chi connectivity index (χ0) is 12.7. The molecule has 1 N–H and O–H groups in total. The normalized spacial score (nSPS) is 11.9. The third-order valence-electron chi connectivity index (χ3n) is 2.08. The first-order valence-corrected chi connectivity index (χ1v) is 5.70. The van der Waals surface area contributed by atoms with Crippen molar-refractivity contribution in [3.8, 4) is 5.75 Å². The Morgan fingerprint density at radius 2 is 2.29 bits per heavy atom. The minimum absolute atomic E-state index is 0.179. The van der Waals surface area contributed by atoms with Gasteiger partial charge in [0.05, 0.1) is 6.61 Å². The van der Waals surface area contributed by atoms with Crippen LogP contribution < -0.4 is 10.1 Å². The Labute approximate surface area is 106 Å². The first kappa shape index (κ1) is 13.8. The van der Waals surface area contributed by atoms with Gasteiger partial charge in [0, 0.05) is 18.7 Å². The summed E-state index contributed by atoms with van der Waals surface area (Å²) in [5.41, 5.74) is 0. The van der Waals surface area contributed by atoms with E-state index in [9.17, 15) is 4.79 Å². The fourth-order valence-electron chi connectivity index (χ4n) is 1.22. The second-order valence-electron chi connectivity index (χ2n) is 3.50. The zero-order valence-electron chi connectivity index (χ0n) is 9.90. The minimum atomic E-state index is -0.565. The molecule has 17 heavy (non-hydrogen) atoms. The van der Waals surface area contributed by atoms with Crippen LogP contribution in [0.5, 0.6) is 5.75 Å². The van der Waals surface area contributed by atoms with Crippen LogP contribution in [0.4, 0.5) is 0 Å². The van der Waals surface area contributed by atoms with Crippen molar-refractivity contribution in [3.05, 3.63) is 29.3 Å². The lowest BCUT2D eigenvalue weighted by atomic mass is 10.3. The van der Waals surface area contributed by atoms with Crippen molar-refractivity contribution in [1.29, 1.82) is 0 Å². The second-order valence-corrected chi connectivity index (χ2v) is 3.94. The summed E-state index contributed by atoms with van der Waals surface area (Å²) in [6, 6.07) is 6.94. The van der Waals surface area contributed by atoms with Gasteiger partial charge >= 0.3 is 0 Å². The molecular weight excluding hydrogens is 242 g/mol. The molecule has 0 saturated carbocycles. The van der Waals surface area contributed by atoms with Crippen LogP contribution in [0.25, 0.3) is 0 Å². The van der Waals surface area contributed by atoms with Crippen LogP contribution in [0, 0.1) is 0 Å². The summed E-state index contributed by atoms with van der Waals surface area (Å²) in [5.74, 6) is 0.397. The summed E-state index contributed by atoms with van der Waals surface area (Å²) in [5, 5.41) is 3.27. The molecule has 0 heterocycles. The summed E-state index contributed by atoms with van der Waals surface area (Å²) in [7, 11) is 1.58. The van der Waals surface area contributed by atoms with Crippen LogP contribution in [0.15, 0.2) is 24.3 Å². The molecule has 0 aliphatic heterocycles. The van der Waals surface area contributed by atoms with Gasteiger partial charge in [-0.05, 0) is 25.1 Å². The summed E-state index contributed by atoms with van der Waals surface area (Å²) < 4.78 is 10.3. The van der Waals surface area contributed by atoms with Gasteiger partial charge in [0.15, 0.2) is 6.10 Å². The standard InChI is InChI=1S/C12H16ClNO3/c1-9(12(15)14-6-7-16-2)17-11-5-3-4-10(13)8-11/h3-5,8-9H,6-7H2,1-2H3,(H,14,15). The average molecular weight is 258 g/mol. The molecule has 0 aliphatic carbocycles. The van der Waals surface area contributed by atoms with Crippen LogP contribution >= 0.6 is 11.6 Å². The lowest BCUT2D eigenvalue weighted by Gasteiger charge is -2.14. The third-order valence-corrected chi connectivity index (χ3v) is 2.32. The number of carbonyl (C=O) groups excluding carboxylic acids is 1. The zero-order valence-corrected chi connectivity index (χ0v) is 10.7. The monoisotopic (exact) mass is 257 g/mol. The average Bonchev–Trinajstić information content (AvgIpc) is 2.29. The fraction of sp³-hybridized carbons (Fsp3) is 0.417. The SMILES string of the molecule is COCCNC(=O)C(C)Oc1cccc(Cl)c1. The molecule has 94 valence electrons. The van der Waals surface area contributed by atoms with E-state index in [1.54, 1.807) is 38.3 Å². The number of hydrogen-bond donors (Lipinski definition) is 1. The number of rotatable bonds is 6. The van der Waals surface area contributed by atoms with Gasteiger partial charge in [0.25, 0.3) is 5.91 Å². The van der Waals surface area contributed by atoms with Gasteiger partial charge in [-0.3, -0.25) is 4.79 Å². The van der Waals surface area contributed by atoms with E-state index in [4.69, 9.17) is 21.1 Å². The number of carbonyl (C=O) groups is 1. The van der Waals surface area contributed by atoms with E-state index < -0.39 is 6.10 Å². The predicted molar refractivity (Wildman–Crippen MR) is 66.4 cm³/mol. The van der Waals surface area contributed by atoms with Crippen LogP contribution in [0.1, 0.15) is 6.92 Å².